The summed E-state index contributed by atoms with van der Waals surface area (Å²) in [4.78, 5) is 39.6. The Morgan fingerprint density at radius 3 is 2.51 bits per heavy atom. The molecule has 2 N–H and O–H groups in total. The Kier molecular flexibility index (Phi) is 12.0. The highest BCUT2D eigenvalue weighted by Crippen LogP contribution is 2.68. The molecule has 0 aliphatic heterocycles. The summed E-state index contributed by atoms with van der Waals surface area (Å²) < 4.78 is 16.3. The lowest BCUT2D eigenvalue weighted by Gasteiger charge is -2.62. The molecule has 10 unspecified atom stereocenters. The molecule has 272 valence electrons. The lowest BCUT2D eigenvalue weighted by Crippen LogP contribution is -2.58. The Balaban J connectivity index is 1.13. The summed E-state index contributed by atoms with van der Waals surface area (Å²) in [5.41, 5.74) is 0.970. The van der Waals surface area contributed by atoms with E-state index in [-0.39, 0.29) is 54.4 Å². The number of carbonyl (C=O) groups excluding carboxylic acids is 2. The zero-order valence-electron chi connectivity index (χ0n) is 29.5. The van der Waals surface area contributed by atoms with Gasteiger partial charge in [0.15, 0.2) is 11.5 Å². The van der Waals surface area contributed by atoms with Gasteiger partial charge in [-0.05, 0) is 141 Å². The SMILES string of the molecule is COc1ccc(C=CC(=O)OCCCCO[N+](=O)[O-])cc1OC(=O)CCC(C)C1CCC2C3C(O)CC4CC(O)CCC4(C)C3CCC12C. The van der Waals surface area contributed by atoms with Crippen LogP contribution in [0.15, 0.2) is 24.3 Å². The number of hydrogen-bond acceptors (Lipinski definition) is 10. The van der Waals surface area contributed by atoms with Crippen LogP contribution in [0.2, 0.25) is 0 Å². The van der Waals surface area contributed by atoms with Crippen LogP contribution in [0.3, 0.4) is 0 Å². The number of methoxy groups -OCH3 is 1. The van der Waals surface area contributed by atoms with Gasteiger partial charge in [0.25, 0.3) is 5.09 Å². The van der Waals surface area contributed by atoms with E-state index >= 15 is 0 Å². The Bertz CT molecular complexity index is 1370. The molecule has 11 heteroatoms. The Morgan fingerprint density at radius 2 is 1.76 bits per heavy atom. The number of unbranched alkanes of at least 4 members (excludes halogenated alkanes) is 1. The highest BCUT2D eigenvalue weighted by molar-refractivity contribution is 5.87. The van der Waals surface area contributed by atoms with Gasteiger partial charge in [0.05, 0.1) is 32.5 Å². The maximum atomic E-state index is 13.1. The molecule has 10 atom stereocenters. The van der Waals surface area contributed by atoms with E-state index in [2.05, 4.69) is 25.6 Å². The molecule has 0 radical (unpaired) electrons. The largest absolute Gasteiger partial charge is 0.493 e. The number of aliphatic hydroxyl groups is 2. The molecule has 0 amide bonds. The van der Waals surface area contributed by atoms with E-state index in [1.54, 1.807) is 24.3 Å². The van der Waals surface area contributed by atoms with Crippen LogP contribution in [0.1, 0.15) is 103 Å². The maximum Gasteiger partial charge on any atom is 0.330 e. The zero-order chi connectivity index (χ0) is 35.3. The first kappa shape index (κ1) is 37.1. The summed E-state index contributed by atoms with van der Waals surface area (Å²) in [7, 11) is 1.51. The monoisotopic (exact) mass is 685 g/mol. The van der Waals surface area contributed by atoms with Crippen LogP contribution < -0.4 is 9.47 Å². The molecule has 0 aromatic heterocycles. The minimum atomic E-state index is -0.854. The van der Waals surface area contributed by atoms with Gasteiger partial charge in [-0.2, -0.15) is 0 Å². The number of benzene rings is 1. The van der Waals surface area contributed by atoms with Gasteiger partial charge in [0.1, 0.15) is 0 Å². The fourth-order valence-electron chi connectivity index (χ4n) is 10.5. The van der Waals surface area contributed by atoms with Crippen LogP contribution in [0.4, 0.5) is 0 Å². The summed E-state index contributed by atoms with van der Waals surface area (Å²) in [6.07, 6.45) is 12.2. The van der Waals surface area contributed by atoms with Crippen molar-refractivity contribution in [3.8, 4) is 11.5 Å². The molecule has 0 bridgehead atoms. The predicted octanol–water partition coefficient (Wildman–Crippen LogP) is 6.55. The van der Waals surface area contributed by atoms with Gasteiger partial charge in [-0.25, -0.2) is 4.79 Å². The smallest absolute Gasteiger partial charge is 0.330 e. The standard InChI is InChI=1S/C38H55NO10/c1-24(28-10-11-29-36-30(16-18-38(28,29)3)37(2)17-15-27(40)22-26(37)23-31(36)41)7-13-35(43)49-33-21-25(8-12-32(33)46-4)9-14-34(42)47-19-5-6-20-48-39(44)45/h8-9,12,14,21,24,26-31,36,40-41H,5-7,10-11,13,15-20,22-23H2,1-4H3. The number of aliphatic hydroxyl groups excluding tert-OH is 2. The molecule has 1 aromatic rings. The first-order valence-corrected chi connectivity index (χ1v) is 18.2. The second kappa shape index (κ2) is 15.8. The summed E-state index contributed by atoms with van der Waals surface area (Å²) >= 11 is 0. The number of rotatable bonds is 14. The van der Waals surface area contributed by atoms with Crippen LogP contribution >= 0.6 is 0 Å². The third-order valence-electron chi connectivity index (χ3n) is 13.0. The third kappa shape index (κ3) is 8.25. The summed E-state index contributed by atoms with van der Waals surface area (Å²) in [6.45, 7) is 7.22. The van der Waals surface area contributed by atoms with Crippen LogP contribution in [0, 0.1) is 56.5 Å². The van der Waals surface area contributed by atoms with Gasteiger partial charge < -0.3 is 29.3 Å². The molecule has 1 aromatic carbocycles. The molecule has 4 aliphatic carbocycles. The molecular formula is C38H55NO10. The van der Waals surface area contributed by atoms with E-state index in [0.29, 0.717) is 66.1 Å². The molecule has 0 heterocycles. The van der Waals surface area contributed by atoms with E-state index in [1.165, 1.54) is 13.2 Å². The van der Waals surface area contributed by atoms with Crippen molar-refractivity contribution in [2.24, 2.45) is 46.3 Å². The van der Waals surface area contributed by atoms with Crippen LogP contribution in [0.5, 0.6) is 11.5 Å². The molecule has 5 rings (SSSR count). The Labute approximate surface area is 289 Å². The minimum Gasteiger partial charge on any atom is -0.493 e. The van der Waals surface area contributed by atoms with Crippen molar-refractivity contribution in [2.45, 2.75) is 110 Å². The Hall–Kier alpha value is -3.18. The van der Waals surface area contributed by atoms with Crippen molar-refractivity contribution in [2.75, 3.05) is 20.3 Å². The molecule has 0 spiro atoms. The van der Waals surface area contributed by atoms with Gasteiger partial charge in [-0.3, -0.25) is 4.79 Å². The number of nitrogens with zero attached hydrogens (tertiary/aromatic N) is 1. The minimum absolute atomic E-state index is 0.0493. The van der Waals surface area contributed by atoms with Crippen molar-refractivity contribution in [1.82, 2.24) is 0 Å². The molecular weight excluding hydrogens is 630 g/mol. The highest BCUT2D eigenvalue weighted by Gasteiger charge is 2.62. The van der Waals surface area contributed by atoms with Crippen LogP contribution in [-0.2, 0) is 19.2 Å². The molecule has 4 saturated carbocycles. The lowest BCUT2D eigenvalue weighted by atomic mass is 9.43. The fraction of sp³-hybridized carbons (Fsp3) is 0.737. The average Bonchev–Trinajstić information content (AvgIpc) is 3.42. The Morgan fingerprint density at radius 1 is 1.02 bits per heavy atom. The predicted molar refractivity (Wildman–Crippen MR) is 182 cm³/mol. The van der Waals surface area contributed by atoms with E-state index in [1.807, 2.05) is 0 Å². The quantitative estimate of drug-likeness (QED) is 0.0550. The molecule has 11 nitrogen and oxygen atoms in total. The number of esters is 2. The molecule has 0 saturated heterocycles. The van der Waals surface area contributed by atoms with E-state index in [4.69, 9.17) is 14.2 Å². The van der Waals surface area contributed by atoms with Crippen molar-refractivity contribution >= 4 is 18.0 Å². The van der Waals surface area contributed by atoms with Crippen molar-refractivity contribution in [1.29, 1.82) is 0 Å². The first-order valence-electron chi connectivity index (χ1n) is 18.2. The highest BCUT2D eigenvalue weighted by atomic mass is 16.9. The number of ether oxygens (including phenoxy) is 3. The fourth-order valence-corrected chi connectivity index (χ4v) is 10.5. The second-order valence-electron chi connectivity index (χ2n) is 15.6. The zero-order valence-corrected chi connectivity index (χ0v) is 29.5. The summed E-state index contributed by atoms with van der Waals surface area (Å²) in [5.74, 6) is 2.32. The molecule has 49 heavy (non-hydrogen) atoms. The second-order valence-corrected chi connectivity index (χ2v) is 15.6. The number of carbonyl (C=O) groups is 2. The maximum absolute atomic E-state index is 13.1. The van der Waals surface area contributed by atoms with Crippen LogP contribution in [-0.4, -0.2) is 59.8 Å². The average molecular weight is 686 g/mol. The third-order valence-corrected chi connectivity index (χ3v) is 13.0. The van der Waals surface area contributed by atoms with Crippen molar-refractivity contribution in [3.63, 3.8) is 0 Å². The van der Waals surface area contributed by atoms with Crippen molar-refractivity contribution in [3.05, 3.63) is 40.0 Å². The topological polar surface area (TPSA) is 155 Å². The van der Waals surface area contributed by atoms with Gasteiger partial charge in [0, 0.05) is 12.5 Å². The van der Waals surface area contributed by atoms with Gasteiger partial charge in [-0.15, -0.1) is 10.1 Å². The van der Waals surface area contributed by atoms with E-state index < -0.39 is 11.1 Å². The van der Waals surface area contributed by atoms with E-state index in [0.717, 1.165) is 51.4 Å². The first-order chi connectivity index (χ1) is 23.4. The number of hydrogen-bond donors (Lipinski definition) is 2. The molecule has 4 fully saturated rings. The molecule has 4 aliphatic rings. The van der Waals surface area contributed by atoms with Crippen LogP contribution in [0.25, 0.3) is 6.08 Å². The number of fused-ring (bicyclic) bond motifs is 5. The summed E-state index contributed by atoms with van der Waals surface area (Å²) in [5, 5.41) is 31.2. The normalized spacial score (nSPS) is 34.3. The lowest BCUT2D eigenvalue weighted by molar-refractivity contribution is -0.757. The van der Waals surface area contributed by atoms with E-state index in [9.17, 15) is 29.9 Å². The van der Waals surface area contributed by atoms with Crippen molar-refractivity contribution < 1.29 is 43.9 Å². The van der Waals surface area contributed by atoms with Gasteiger partial charge in [0.2, 0.25) is 0 Å². The van der Waals surface area contributed by atoms with Gasteiger partial charge in [-0.1, -0.05) is 26.8 Å². The summed E-state index contributed by atoms with van der Waals surface area (Å²) in [6, 6.07) is 5.07. The van der Waals surface area contributed by atoms with Gasteiger partial charge >= 0.3 is 11.9 Å².